The van der Waals surface area contributed by atoms with Gasteiger partial charge in [-0.15, -0.1) is 0 Å². The summed E-state index contributed by atoms with van der Waals surface area (Å²) in [6, 6.07) is 0. The van der Waals surface area contributed by atoms with Crippen LogP contribution in [0.4, 0.5) is 5.95 Å². The minimum Gasteiger partial charge on any atom is -0.387 e. The number of aryl methyl sites for hydroxylation is 1. The highest BCUT2D eigenvalue weighted by Crippen LogP contribution is 2.70. The first-order valence-corrected chi connectivity index (χ1v) is 15.8. The molecule has 6 atom stereocenters. The van der Waals surface area contributed by atoms with Gasteiger partial charge in [0, 0.05) is 5.75 Å². The topological polar surface area (TPSA) is 264 Å². The van der Waals surface area contributed by atoms with Crippen molar-refractivity contribution in [1.82, 2.24) is 14.5 Å². The third-order valence-corrected chi connectivity index (χ3v) is 11.0. The molecule has 2 unspecified atom stereocenters. The number of fused-ring (bicyclic) bond motifs is 1. The molecule has 9 N–H and O–H groups in total. The van der Waals surface area contributed by atoms with Crippen molar-refractivity contribution in [3.63, 3.8) is 0 Å². The molecule has 2 aromatic rings. The Morgan fingerprint density at radius 1 is 1.30 bits per heavy atom. The first-order valence-electron chi connectivity index (χ1n) is 8.55. The quantitative estimate of drug-likeness (QED) is 0.125. The highest BCUT2D eigenvalue weighted by Gasteiger charge is 2.48. The fraction of sp³-hybridized carbons (Fsp3) is 0.545. The molecule has 17 nitrogen and oxygen atoms in total. The molecule has 0 aliphatic carbocycles. The van der Waals surface area contributed by atoms with Gasteiger partial charge in [0.2, 0.25) is 11.7 Å². The van der Waals surface area contributed by atoms with Gasteiger partial charge in [0.25, 0.3) is 11.5 Å². The van der Waals surface area contributed by atoms with Crippen molar-refractivity contribution in [2.45, 2.75) is 24.5 Å². The Morgan fingerprint density at radius 2 is 1.94 bits per heavy atom. The zero-order valence-electron chi connectivity index (χ0n) is 16.3. The van der Waals surface area contributed by atoms with Crippen molar-refractivity contribution >= 4 is 61.6 Å². The maximum absolute atomic E-state index is 12.1. The second kappa shape index (κ2) is 9.37. The smallest absolute Gasteiger partial charge is 0.387 e. The zero-order chi connectivity index (χ0) is 24.9. The molecule has 0 aromatic carbocycles. The lowest BCUT2D eigenvalue weighted by Gasteiger charge is -2.19. The summed E-state index contributed by atoms with van der Waals surface area (Å²) in [5.41, 5.74) is 5.12. The molecule has 2 aromatic heterocycles. The van der Waals surface area contributed by atoms with Crippen LogP contribution in [0, 0.1) is 0 Å². The minimum atomic E-state index is -5.42. The van der Waals surface area contributed by atoms with Gasteiger partial charge in [-0.25, -0.2) is 18.0 Å². The van der Waals surface area contributed by atoms with E-state index in [2.05, 4.69) is 30.4 Å². The average molecular weight is 570 g/mol. The Balaban J connectivity index is 1.76. The summed E-state index contributed by atoms with van der Waals surface area (Å²) in [5, 5.41) is 20.8. The van der Waals surface area contributed by atoms with Crippen LogP contribution in [0.1, 0.15) is 6.23 Å². The fourth-order valence-corrected chi connectivity index (χ4v) is 9.28. The molecule has 186 valence electrons. The zero-order valence-corrected chi connectivity index (χ0v) is 20.6. The molecule has 0 saturated carbocycles. The second-order valence-electron chi connectivity index (χ2n) is 6.69. The average Bonchev–Trinajstić information content (AvgIpc) is 3.07. The van der Waals surface area contributed by atoms with E-state index in [0.717, 1.165) is 0 Å². The third kappa shape index (κ3) is 6.28. The molecule has 1 fully saturated rings. The Kier molecular flexibility index (Phi) is 7.62. The van der Waals surface area contributed by atoms with Crippen molar-refractivity contribution in [3.05, 3.63) is 16.7 Å². The van der Waals surface area contributed by atoms with Gasteiger partial charge in [0.1, 0.15) is 12.2 Å². The van der Waals surface area contributed by atoms with E-state index in [1.165, 1.54) is 22.5 Å². The summed E-state index contributed by atoms with van der Waals surface area (Å²) >= 11 is 4.04. The first kappa shape index (κ1) is 26.8. The number of anilines is 1. The standard InChI is InChI=1S/C11H18N5O12P3S2/c1-15-3-16(8-5(15)9(19)14-11(12)13-8)10-7(18)6(17)4(26-10)2-33-31(24,25)28-29(20,21)27-30(22,23)32/h3-4,6-7,10,17-18H,2H2,1H3,(H6-,12,13,14,19,20,21,22,23,24,25,32)/p+1/t4-,6-,7-,10-/m1/s1. The van der Waals surface area contributed by atoms with Crippen LogP contribution in [0.2, 0.25) is 0 Å². The van der Waals surface area contributed by atoms with Crippen LogP contribution < -0.4 is 15.9 Å². The number of phosphoric acid groups is 1. The molecule has 0 amide bonds. The number of hydrogen-bond donors (Lipinski definition) is 8. The Labute approximate surface area is 192 Å². The van der Waals surface area contributed by atoms with Crippen LogP contribution in [0.25, 0.3) is 11.2 Å². The molecule has 33 heavy (non-hydrogen) atoms. The Morgan fingerprint density at radius 3 is 2.55 bits per heavy atom. The number of aliphatic hydroxyl groups excluding tert-OH is 2. The van der Waals surface area contributed by atoms with Crippen LogP contribution in [-0.4, -0.2) is 68.4 Å². The van der Waals surface area contributed by atoms with E-state index in [4.69, 9.17) is 20.3 Å². The van der Waals surface area contributed by atoms with E-state index >= 15 is 0 Å². The molecule has 1 saturated heterocycles. The molecule has 1 aliphatic rings. The maximum Gasteiger partial charge on any atom is 0.487 e. The third-order valence-electron chi connectivity index (χ3n) is 4.22. The van der Waals surface area contributed by atoms with E-state index in [1.54, 1.807) is 0 Å². The second-order valence-corrected chi connectivity index (χ2v) is 15.0. The van der Waals surface area contributed by atoms with Crippen molar-refractivity contribution in [2.24, 2.45) is 7.05 Å². The number of nitrogens with one attached hydrogen (secondary N) is 1. The molecule has 1 aliphatic heterocycles. The molecule has 0 radical (unpaired) electrons. The lowest BCUT2D eigenvalue weighted by atomic mass is 10.1. The van der Waals surface area contributed by atoms with Gasteiger partial charge < -0.3 is 40.3 Å². The number of imidazole rings is 1. The molecule has 0 bridgehead atoms. The summed E-state index contributed by atoms with van der Waals surface area (Å²) in [6.45, 7) is -9.66. The Bertz CT molecular complexity index is 1260. The number of aliphatic hydroxyl groups is 2. The lowest BCUT2D eigenvalue weighted by molar-refractivity contribution is -0.745. The highest BCUT2D eigenvalue weighted by atomic mass is 32.7. The molecule has 22 heteroatoms. The fourth-order valence-electron chi connectivity index (χ4n) is 3.02. The van der Waals surface area contributed by atoms with Crippen LogP contribution in [0.5, 0.6) is 0 Å². The number of H-pyrrole nitrogens is 1. The monoisotopic (exact) mass is 570 g/mol. The van der Waals surface area contributed by atoms with Gasteiger partial charge in [0.05, 0.1) is 13.2 Å². The predicted octanol–water partition coefficient (Wildman–Crippen LogP) is -2.07. The molecular formula is C11H19N5O12P3S2+. The number of nitrogens with zero attached hydrogens (tertiary/aromatic N) is 3. The van der Waals surface area contributed by atoms with Gasteiger partial charge in [-0.3, -0.25) is 14.3 Å². The largest absolute Gasteiger partial charge is 0.487 e. The van der Waals surface area contributed by atoms with Crippen LogP contribution in [0.3, 0.4) is 0 Å². The number of aromatic amines is 1. The summed E-state index contributed by atoms with van der Waals surface area (Å²) in [4.78, 5) is 55.4. The van der Waals surface area contributed by atoms with Gasteiger partial charge in [-0.1, -0.05) is 4.98 Å². The number of rotatable bonds is 8. The van der Waals surface area contributed by atoms with Crippen LogP contribution in [0.15, 0.2) is 11.1 Å². The normalized spacial score (nSPS) is 27.5. The van der Waals surface area contributed by atoms with E-state index in [1.807, 2.05) is 0 Å². The summed E-state index contributed by atoms with van der Waals surface area (Å²) < 4.78 is 39.8. The van der Waals surface area contributed by atoms with Gasteiger partial charge >= 0.3 is 27.0 Å². The molecular weight excluding hydrogens is 551 g/mol. The summed E-state index contributed by atoms with van der Waals surface area (Å²) in [5.74, 6) is -0.742. The lowest BCUT2D eigenvalue weighted by Crippen LogP contribution is -2.46. The van der Waals surface area contributed by atoms with Crippen molar-refractivity contribution in [2.75, 3.05) is 11.5 Å². The van der Waals surface area contributed by atoms with E-state index in [9.17, 15) is 33.9 Å². The minimum absolute atomic E-state index is 0.0292. The van der Waals surface area contributed by atoms with Crippen molar-refractivity contribution < 1.29 is 56.8 Å². The number of ether oxygens (including phenoxy) is 1. The van der Waals surface area contributed by atoms with Gasteiger partial charge in [-0.05, 0) is 23.2 Å². The summed E-state index contributed by atoms with van der Waals surface area (Å²) in [7, 11) is -3.90. The highest BCUT2D eigenvalue weighted by molar-refractivity contribution is 8.55. The molecule has 3 rings (SSSR count). The number of hydrogen-bond acceptors (Lipinski definition) is 12. The van der Waals surface area contributed by atoms with Crippen molar-refractivity contribution in [3.8, 4) is 0 Å². The van der Waals surface area contributed by atoms with E-state index < -0.39 is 57.2 Å². The van der Waals surface area contributed by atoms with Crippen LogP contribution in [-0.2, 0) is 41.3 Å². The van der Waals surface area contributed by atoms with Gasteiger partial charge in [-0.2, -0.15) is 4.31 Å². The molecule has 3 heterocycles. The maximum atomic E-state index is 12.1. The Hall–Kier alpha value is -0.750. The summed E-state index contributed by atoms with van der Waals surface area (Å²) in [6.07, 6.45) is -4.39. The number of nitrogen functional groups attached to an aromatic ring is 1. The van der Waals surface area contributed by atoms with Crippen LogP contribution >= 0.6 is 32.7 Å². The SMILES string of the molecule is Cn1c[n+]([C@@H]2O[C@H](CSP(=O)(O)OP(=O)(O)OP(O)(O)=S)[C@@H](O)[C@H]2O)c2nc(N)[nH]c(=O)c21. The van der Waals surface area contributed by atoms with Gasteiger partial charge in [0.15, 0.2) is 6.33 Å². The number of nitrogens with two attached hydrogens (primary N) is 1. The first-order chi connectivity index (χ1) is 15.0. The molecule has 0 spiro atoms. The van der Waals surface area contributed by atoms with E-state index in [0.29, 0.717) is 0 Å². The van der Waals surface area contributed by atoms with Crippen molar-refractivity contribution in [1.29, 1.82) is 0 Å². The number of aromatic nitrogens is 4. The van der Waals surface area contributed by atoms with E-state index in [-0.39, 0.29) is 28.5 Å². The predicted molar refractivity (Wildman–Crippen MR) is 115 cm³/mol.